The first-order chi connectivity index (χ1) is 11.1. The van der Waals surface area contributed by atoms with Gasteiger partial charge in [0, 0.05) is 17.7 Å². The summed E-state index contributed by atoms with van der Waals surface area (Å²) in [6.45, 7) is 3.77. The van der Waals surface area contributed by atoms with E-state index in [0.717, 1.165) is 25.9 Å². The number of aromatic nitrogens is 1. The lowest BCUT2D eigenvalue weighted by atomic mass is 9.94. The first-order valence-electron chi connectivity index (χ1n) is 7.81. The quantitative estimate of drug-likeness (QED) is 0.873. The van der Waals surface area contributed by atoms with Crippen molar-refractivity contribution in [2.45, 2.75) is 30.7 Å². The summed E-state index contributed by atoms with van der Waals surface area (Å²) in [5.74, 6) is 0.744. The Morgan fingerprint density at radius 1 is 1.35 bits per heavy atom. The third-order valence-corrected chi connectivity index (χ3v) is 5.88. The summed E-state index contributed by atoms with van der Waals surface area (Å²) in [5.41, 5.74) is 0.520. The number of piperidine rings is 1. The Hall–Kier alpha value is -1.70. The Morgan fingerprint density at radius 3 is 2.87 bits per heavy atom. The summed E-state index contributed by atoms with van der Waals surface area (Å²) in [6, 6.07) is 8.33. The highest BCUT2D eigenvalue weighted by Crippen LogP contribution is 2.27. The minimum Gasteiger partial charge on any atom is -0.356 e. The van der Waals surface area contributed by atoms with Gasteiger partial charge in [0.1, 0.15) is 0 Å². The van der Waals surface area contributed by atoms with E-state index >= 15 is 0 Å². The van der Waals surface area contributed by atoms with Gasteiger partial charge in [0.2, 0.25) is 10.0 Å². The van der Waals surface area contributed by atoms with Crippen molar-refractivity contribution in [1.82, 2.24) is 15.2 Å². The maximum Gasteiger partial charge on any atom is 0.241 e. The van der Waals surface area contributed by atoms with E-state index in [1.165, 1.54) is 6.20 Å². The highest BCUT2D eigenvalue weighted by Gasteiger charge is 2.27. The SMILES string of the molecule is CC(NS(=O)(=O)c1ccccc1-c1ccno1)C1CCCNC1. The van der Waals surface area contributed by atoms with Crippen LogP contribution in [0.5, 0.6) is 0 Å². The summed E-state index contributed by atoms with van der Waals surface area (Å²) in [7, 11) is -3.63. The van der Waals surface area contributed by atoms with Crippen LogP contribution in [-0.2, 0) is 10.0 Å². The van der Waals surface area contributed by atoms with E-state index in [1.54, 1.807) is 30.3 Å². The number of hydrogen-bond donors (Lipinski definition) is 2. The van der Waals surface area contributed by atoms with Gasteiger partial charge in [-0.05, 0) is 50.9 Å². The van der Waals surface area contributed by atoms with Gasteiger partial charge in [-0.25, -0.2) is 13.1 Å². The Labute approximate surface area is 136 Å². The minimum atomic E-state index is -3.63. The molecule has 2 atom stereocenters. The van der Waals surface area contributed by atoms with Crippen LogP contribution in [0.2, 0.25) is 0 Å². The number of nitrogens with one attached hydrogen (secondary N) is 2. The Balaban J connectivity index is 1.85. The average molecular weight is 335 g/mol. The summed E-state index contributed by atoms with van der Waals surface area (Å²) < 4.78 is 33.6. The topological polar surface area (TPSA) is 84.2 Å². The molecule has 1 aliphatic rings. The van der Waals surface area contributed by atoms with E-state index in [9.17, 15) is 8.42 Å². The Bertz CT molecular complexity index is 738. The smallest absolute Gasteiger partial charge is 0.241 e. The standard InChI is InChI=1S/C16H21N3O3S/c1-12(13-5-4-9-17-11-13)19-23(20,21)16-7-3-2-6-14(16)15-8-10-18-22-15/h2-3,6-8,10,12-13,17,19H,4-5,9,11H2,1H3. The normalized spacial score (nSPS) is 20.3. The fourth-order valence-electron chi connectivity index (χ4n) is 2.97. The van der Waals surface area contributed by atoms with Gasteiger partial charge in [-0.1, -0.05) is 17.3 Å². The second-order valence-electron chi connectivity index (χ2n) is 5.89. The summed E-state index contributed by atoms with van der Waals surface area (Å²) in [6.07, 6.45) is 3.61. The Kier molecular flexibility index (Phi) is 4.79. The molecule has 0 aliphatic carbocycles. The van der Waals surface area contributed by atoms with Crippen molar-refractivity contribution in [3.8, 4) is 11.3 Å². The molecule has 0 spiro atoms. The molecule has 2 heterocycles. The van der Waals surface area contributed by atoms with Crippen molar-refractivity contribution in [3.05, 3.63) is 36.5 Å². The first-order valence-corrected chi connectivity index (χ1v) is 9.29. The predicted octanol–water partition coefficient (Wildman–Crippen LogP) is 2.01. The number of rotatable bonds is 5. The van der Waals surface area contributed by atoms with E-state index in [0.29, 0.717) is 17.2 Å². The summed E-state index contributed by atoms with van der Waals surface area (Å²) in [5, 5.41) is 6.97. The van der Waals surface area contributed by atoms with Crippen LogP contribution in [0.4, 0.5) is 0 Å². The molecule has 0 amide bonds. The van der Waals surface area contributed by atoms with Gasteiger partial charge in [-0.15, -0.1) is 0 Å². The third-order valence-electron chi connectivity index (χ3n) is 4.26. The maximum atomic E-state index is 12.8. The maximum absolute atomic E-state index is 12.8. The van der Waals surface area contributed by atoms with Crippen LogP contribution in [0.1, 0.15) is 19.8 Å². The van der Waals surface area contributed by atoms with Crippen molar-refractivity contribution in [2.75, 3.05) is 13.1 Å². The van der Waals surface area contributed by atoms with Crippen LogP contribution in [0.3, 0.4) is 0 Å². The van der Waals surface area contributed by atoms with Crippen molar-refractivity contribution >= 4 is 10.0 Å². The fraction of sp³-hybridized carbons (Fsp3) is 0.438. The van der Waals surface area contributed by atoms with Crippen LogP contribution in [0.15, 0.2) is 45.9 Å². The molecule has 1 saturated heterocycles. The van der Waals surface area contributed by atoms with Gasteiger partial charge in [0.05, 0.1) is 11.1 Å². The zero-order valence-corrected chi connectivity index (χ0v) is 13.8. The number of benzene rings is 1. The lowest BCUT2D eigenvalue weighted by Crippen LogP contribution is -2.44. The minimum absolute atomic E-state index is 0.129. The van der Waals surface area contributed by atoms with Crippen molar-refractivity contribution in [3.63, 3.8) is 0 Å². The average Bonchev–Trinajstić information content (AvgIpc) is 3.10. The fourth-order valence-corrected chi connectivity index (χ4v) is 4.49. The van der Waals surface area contributed by atoms with E-state index in [2.05, 4.69) is 15.2 Å². The molecule has 1 aromatic carbocycles. The molecular weight excluding hydrogens is 314 g/mol. The molecule has 1 aromatic heterocycles. The van der Waals surface area contributed by atoms with Crippen LogP contribution < -0.4 is 10.0 Å². The molecule has 124 valence electrons. The monoisotopic (exact) mass is 335 g/mol. The Morgan fingerprint density at radius 2 is 2.17 bits per heavy atom. The largest absolute Gasteiger partial charge is 0.356 e. The molecule has 2 unspecified atom stereocenters. The van der Waals surface area contributed by atoms with Gasteiger partial charge in [-0.3, -0.25) is 0 Å². The molecular formula is C16H21N3O3S. The molecule has 0 bridgehead atoms. The van der Waals surface area contributed by atoms with Crippen molar-refractivity contribution in [1.29, 1.82) is 0 Å². The van der Waals surface area contributed by atoms with Crippen LogP contribution in [0, 0.1) is 5.92 Å². The van der Waals surface area contributed by atoms with E-state index in [-0.39, 0.29) is 10.9 Å². The van der Waals surface area contributed by atoms with Gasteiger partial charge in [0.25, 0.3) is 0 Å². The molecule has 1 fully saturated rings. The van der Waals surface area contributed by atoms with Crippen molar-refractivity contribution in [2.24, 2.45) is 5.92 Å². The van der Waals surface area contributed by atoms with E-state index in [1.807, 2.05) is 6.92 Å². The predicted molar refractivity (Wildman–Crippen MR) is 87.3 cm³/mol. The first kappa shape index (κ1) is 16.2. The van der Waals surface area contributed by atoms with Gasteiger partial charge < -0.3 is 9.84 Å². The lowest BCUT2D eigenvalue weighted by Gasteiger charge is -2.28. The van der Waals surface area contributed by atoms with Crippen LogP contribution >= 0.6 is 0 Å². The third kappa shape index (κ3) is 3.63. The highest BCUT2D eigenvalue weighted by atomic mass is 32.2. The van der Waals surface area contributed by atoms with E-state index in [4.69, 9.17) is 4.52 Å². The second-order valence-corrected chi connectivity index (χ2v) is 7.57. The zero-order valence-electron chi connectivity index (χ0n) is 13.0. The summed E-state index contributed by atoms with van der Waals surface area (Å²) in [4.78, 5) is 0.215. The van der Waals surface area contributed by atoms with Crippen LogP contribution in [-0.4, -0.2) is 32.7 Å². The molecule has 3 rings (SSSR count). The lowest BCUT2D eigenvalue weighted by molar-refractivity contribution is 0.320. The molecule has 0 radical (unpaired) electrons. The molecule has 6 nitrogen and oxygen atoms in total. The molecule has 7 heteroatoms. The zero-order chi connectivity index (χ0) is 16.3. The van der Waals surface area contributed by atoms with Gasteiger partial charge in [-0.2, -0.15) is 0 Å². The van der Waals surface area contributed by atoms with Gasteiger partial charge in [0.15, 0.2) is 5.76 Å². The molecule has 1 aliphatic heterocycles. The van der Waals surface area contributed by atoms with E-state index < -0.39 is 10.0 Å². The number of sulfonamides is 1. The molecule has 2 aromatic rings. The summed E-state index contributed by atoms with van der Waals surface area (Å²) >= 11 is 0. The van der Waals surface area contributed by atoms with Crippen molar-refractivity contribution < 1.29 is 12.9 Å². The molecule has 0 saturated carbocycles. The second kappa shape index (κ2) is 6.82. The van der Waals surface area contributed by atoms with Gasteiger partial charge >= 0.3 is 0 Å². The van der Waals surface area contributed by atoms with Crippen LogP contribution in [0.25, 0.3) is 11.3 Å². The molecule has 23 heavy (non-hydrogen) atoms. The number of hydrogen-bond acceptors (Lipinski definition) is 5. The highest BCUT2D eigenvalue weighted by molar-refractivity contribution is 7.89. The number of nitrogens with zero attached hydrogens (tertiary/aromatic N) is 1. The molecule has 2 N–H and O–H groups in total.